The fourth-order valence-corrected chi connectivity index (χ4v) is 2.91. The standard InChI is InChI=1S/C20H23NO3/c1-15(19-8-5-13-23-19)21-20(22)14-24-18-11-9-17(10-12-18)16-6-3-2-4-7-16/h2-4,6-7,9-12,15,19H,5,8,13-14H2,1H3,(H,21,22)/t15-,19+/m0/s1. The second-order valence-electron chi connectivity index (χ2n) is 6.09. The topological polar surface area (TPSA) is 47.6 Å². The van der Waals surface area contributed by atoms with Gasteiger partial charge in [-0.2, -0.15) is 0 Å². The van der Waals surface area contributed by atoms with Crippen molar-refractivity contribution in [2.75, 3.05) is 13.2 Å². The molecule has 2 atom stereocenters. The van der Waals surface area contributed by atoms with Gasteiger partial charge < -0.3 is 14.8 Å². The van der Waals surface area contributed by atoms with Crippen LogP contribution in [0, 0.1) is 0 Å². The Labute approximate surface area is 142 Å². The number of hydrogen-bond donors (Lipinski definition) is 1. The SMILES string of the molecule is C[C@H](NC(=O)COc1ccc(-c2ccccc2)cc1)[C@H]1CCCO1. The molecule has 4 heteroatoms. The van der Waals surface area contributed by atoms with Gasteiger partial charge in [0.2, 0.25) is 0 Å². The van der Waals surface area contributed by atoms with Crippen molar-refractivity contribution in [1.82, 2.24) is 5.32 Å². The van der Waals surface area contributed by atoms with Gasteiger partial charge in [-0.3, -0.25) is 4.79 Å². The molecule has 1 heterocycles. The zero-order chi connectivity index (χ0) is 16.8. The second kappa shape index (κ2) is 7.97. The van der Waals surface area contributed by atoms with Crippen LogP contribution in [0.5, 0.6) is 5.75 Å². The van der Waals surface area contributed by atoms with E-state index in [9.17, 15) is 4.79 Å². The molecule has 126 valence electrons. The molecule has 0 bridgehead atoms. The van der Waals surface area contributed by atoms with Crippen LogP contribution in [0.1, 0.15) is 19.8 Å². The van der Waals surface area contributed by atoms with Crippen LogP contribution in [-0.2, 0) is 9.53 Å². The van der Waals surface area contributed by atoms with E-state index in [-0.39, 0.29) is 24.7 Å². The highest BCUT2D eigenvalue weighted by molar-refractivity contribution is 5.78. The first-order chi connectivity index (χ1) is 11.7. The molecule has 3 rings (SSSR count). The highest BCUT2D eigenvalue weighted by Crippen LogP contribution is 2.22. The Morgan fingerprint density at radius 1 is 1.17 bits per heavy atom. The molecule has 1 saturated heterocycles. The zero-order valence-corrected chi connectivity index (χ0v) is 13.9. The summed E-state index contributed by atoms with van der Waals surface area (Å²) in [6.07, 6.45) is 2.19. The van der Waals surface area contributed by atoms with Gasteiger partial charge >= 0.3 is 0 Å². The van der Waals surface area contributed by atoms with Crippen LogP contribution in [0.15, 0.2) is 54.6 Å². The van der Waals surface area contributed by atoms with Crippen LogP contribution in [0.25, 0.3) is 11.1 Å². The zero-order valence-electron chi connectivity index (χ0n) is 13.9. The van der Waals surface area contributed by atoms with Crippen LogP contribution in [0.3, 0.4) is 0 Å². The van der Waals surface area contributed by atoms with E-state index in [1.165, 1.54) is 0 Å². The van der Waals surface area contributed by atoms with Gasteiger partial charge in [-0.1, -0.05) is 42.5 Å². The van der Waals surface area contributed by atoms with Crippen molar-refractivity contribution in [3.05, 3.63) is 54.6 Å². The van der Waals surface area contributed by atoms with Gasteiger partial charge in [-0.15, -0.1) is 0 Å². The van der Waals surface area contributed by atoms with Crippen LogP contribution in [0.4, 0.5) is 0 Å². The van der Waals surface area contributed by atoms with E-state index >= 15 is 0 Å². The minimum Gasteiger partial charge on any atom is -0.484 e. The molecule has 4 nitrogen and oxygen atoms in total. The first-order valence-electron chi connectivity index (χ1n) is 8.41. The number of hydrogen-bond acceptors (Lipinski definition) is 3. The predicted molar refractivity (Wildman–Crippen MR) is 94.0 cm³/mol. The molecule has 0 aliphatic carbocycles. The molecule has 1 amide bonds. The third-order valence-electron chi connectivity index (χ3n) is 4.24. The number of carbonyl (C=O) groups excluding carboxylic acids is 1. The fourth-order valence-electron chi connectivity index (χ4n) is 2.91. The summed E-state index contributed by atoms with van der Waals surface area (Å²) in [5.41, 5.74) is 2.28. The summed E-state index contributed by atoms with van der Waals surface area (Å²) < 4.78 is 11.1. The number of amides is 1. The van der Waals surface area contributed by atoms with E-state index in [1.54, 1.807) is 0 Å². The van der Waals surface area contributed by atoms with E-state index in [0.29, 0.717) is 5.75 Å². The van der Waals surface area contributed by atoms with Gasteiger partial charge in [0, 0.05) is 6.61 Å². The number of carbonyl (C=O) groups is 1. The lowest BCUT2D eigenvalue weighted by molar-refractivity contribution is -0.124. The smallest absolute Gasteiger partial charge is 0.258 e. The first kappa shape index (κ1) is 16.5. The van der Waals surface area contributed by atoms with Crippen LogP contribution in [-0.4, -0.2) is 31.3 Å². The summed E-state index contributed by atoms with van der Waals surface area (Å²) >= 11 is 0. The van der Waals surface area contributed by atoms with Gasteiger partial charge in [0.25, 0.3) is 5.91 Å². The minimum absolute atomic E-state index is 0.0156. The lowest BCUT2D eigenvalue weighted by atomic mass is 10.1. The third-order valence-corrected chi connectivity index (χ3v) is 4.24. The maximum Gasteiger partial charge on any atom is 0.258 e. The lowest BCUT2D eigenvalue weighted by Gasteiger charge is -2.20. The summed E-state index contributed by atoms with van der Waals surface area (Å²) in [6.45, 7) is 2.78. The largest absolute Gasteiger partial charge is 0.484 e. The van der Waals surface area contributed by atoms with Crippen molar-refractivity contribution in [2.45, 2.75) is 31.9 Å². The molecule has 1 fully saturated rings. The first-order valence-corrected chi connectivity index (χ1v) is 8.41. The van der Waals surface area contributed by atoms with E-state index in [2.05, 4.69) is 17.4 Å². The summed E-state index contributed by atoms with van der Waals surface area (Å²) in [7, 11) is 0. The fraction of sp³-hybridized carbons (Fsp3) is 0.350. The van der Waals surface area contributed by atoms with Crippen molar-refractivity contribution in [1.29, 1.82) is 0 Å². The summed E-state index contributed by atoms with van der Waals surface area (Å²) in [4.78, 5) is 12.0. The highest BCUT2D eigenvalue weighted by Gasteiger charge is 2.23. The molecule has 0 saturated carbocycles. The maximum atomic E-state index is 12.0. The van der Waals surface area contributed by atoms with Crippen LogP contribution >= 0.6 is 0 Å². The highest BCUT2D eigenvalue weighted by atomic mass is 16.5. The predicted octanol–water partition coefficient (Wildman–Crippen LogP) is 3.42. The van der Waals surface area contributed by atoms with E-state index in [0.717, 1.165) is 30.6 Å². The van der Waals surface area contributed by atoms with Crippen molar-refractivity contribution in [2.24, 2.45) is 0 Å². The third kappa shape index (κ3) is 4.36. The molecule has 1 aliphatic heterocycles. The Morgan fingerprint density at radius 2 is 1.88 bits per heavy atom. The summed E-state index contributed by atoms with van der Waals surface area (Å²) in [5.74, 6) is 0.569. The van der Waals surface area contributed by atoms with E-state index in [1.807, 2.05) is 49.4 Å². The van der Waals surface area contributed by atoms with Gasteiger partial charge in [0.05, 0.1) is 12.1 Å². The average molecular weight is 325 g/mol. The van der Waals surface area contributed by atoms with Gasteiger partial charge in [0.1, 0.15) is 5.75 Å². The molecule has 1 aliphatic rings. The Kier molecular flexibility index (Phi) is 5.49. The average Bonchev–Trinajstić information content (AvgIpc) is 3.16. The van der Waals surface area contributed by atoms with Crippen LogP contribution in [0.2, 0.25) is 0 Å². The number of benzene rings is 2. The monoisotopic (exact) mass is 325 g/mol. The molecule has 1 N–H and O–H groups in total. The van der Waals surface area contributed by atoms with Gasteiger partial charge in [-0.05, 0) is 43.0 Å². The Balaban J connectivity index is 1.48. The van der Waals surface area contributed by atoms with Gasteiger partial charge in [-0.25, -0.2) is 0 Å². The minimum atomic E-state index is -0.120. The molecular formula is C20H23NO3. The van der Waals surface area contributed by atoms with Crippen molar-refractivity contribution in [3.8, 4) is 16.9 Å². The van der Waals surface area contributed by atoms with Crippen molar-refractivity contribution >= 4 is 5.91 Å². The van der Waals surface area contributed by atoms with Crippen molar-refractivity contribution < 1.29 is 14.3 Å². The van der Waals surface area contributed by atoms with E-state index < -0.39 is 0 Å². The quantitative estimate of drug-likeness (QED) is 0.885. The number of rotatable bonds is 6. The van der Waals surface area contributed by atoms with Crippen LogP contribution < -0.4 is 10.1 Å². The Bertz CT molecular complexity index is 648. The van der Waals surface area contributed by atoms with Gasteiger partial charge in [0.15, 0.2) is 6.61 Å². The number of nitrogens with one attached hydrogen (secondary N) is 1. The molecule has 0 spiro atoms. The summed E-state index contributed by atoms with van der Waals surface area (Å²) in [6, 6.07) is 17.9. The molecule has 0 radical (unpaired) electrons. The molecule has 2 aromatic carbocycles. The normalized spacial score (nSPS) is 18.1. The number of ether oxygens (including phenoxy) is 2. The molecule has 0 unspecified atom stereocenters. The lowest BCUT2D eigenvalue weighted by Crippen LogP contribution is -2.42. The second-order valence-corrected chi connectivity index (χ2v) is 6.09. The van der Waals surface area contributed by atoms with E-state index in [4.69, 9.17) is 9.47 Å². The Morgan fingerprint density at radius 3 is 2.54 bits per heavy atom. The molecule has 2 aromatic rings. The molecule has 24 heavy (non-hydrogen) atoms. The molecule has 0 aromatic heterocycles. The maximum absolute atomic E-state index is 12.0. The van der Waals surface area contributed by atoms with Crippen molar-refractivity contribution in [3.63, 3.8) is 0 Å². The summed E-state index contributed by atoms with van der Waals surface area (Å²) in [5, 5.41) is 2.94. The molecular weight excluding hydrogens is 302 g/mol. The Hall–Kier alpha value is -2.33.